The van der Waals surface area contributed by atoms with Gasteiger partial charge in [-0.1, -0.05) is 39.0 Å². The molecule has 1 aromatic heterocycles. The number of nitrogens with one attached hydrogen (secondary N) is 1. The Morgan fingerprint density at radius 2 is 2.00 bits per heavy atom. The van der Waals surface area contributed by atoms with Crippen molar-refractivity contribution in [3.05, 3.63) is 36.1 Å². The number of hydrogen-bond acceptors (Lipinski definition) is 3. The number of hydrazine groups is 1. The first kappa shape index (κ1) is 12.1. The van der Waals surface area contributed by atoms with E-state index in [-0.39, 0.29) is 11.5 Å². The van der Waals surface area contributed by atoms with Crippen molar-refractivity contribution in [3.8, 4) is 0 Å². The van der Waals surface area contributed by atoms with Crippen molar-refractivity contribution in [2.24, 2.45) is 11.3 Å². The lowest BCUT2D eigenvalue weighted by atomic mass is 9.87. The van der Waals surface area contributed by atoms with Gasteiger partial charge in [-0.05, 0) is 24.0 Å². The van der Waals surface area contributed by atoms with Crippen LogP contribution in [0.2, 0.25) is 0 Å². The molecule has 0 aliphatic heterocycles. The van der Waals surface area contributed by atoms with Crippen molar-refractivity contribution in [3.63, 3.8) is 0 Å². The highest BCUT2D eigenvalue weighted by Crippen LogP contribution is 2.31. The fourth-order valence-corrected chi connectivity index (χ4v) is 2.03. The molecule has 1 heterocycles. The summed E-state index contributed by atoms with van der Waals surface area (Å²) in [6.07, 6.45) is 0.934. The van der Waals surface area contributed by atoms with E-state index in [1.807, 2.05) is 24.3 Å². The molecule has 0 aliphatic rings. The van der Waals surface area contributed by atoms with Crippen LogP contribution in [-0.4, -0.2) is 0 Å². The summed E-state index contributed by atoms with van der Waals surface area (Å²) < 4.78 is 5.82. The molecule has 3 heteroatoms. The third-order valence-electron chi connectivity index (χ3n) is 2.81. The lowest BCUT2D eigenvalue weighted by molar-refractivity contribution is 0.289. The van der Waals surface area contributed by atoms with E-state index in [0.29, 0.717) is 0 Å². The van der Waals surface area contributed by atoms with Gasteiger partial charge in [0, 0.05) is 5.39 Å². The number of hydrogen-bond donors (Lipinski definition) is 2. The van der Waals surface area contributed by atoms with Crippen molar-refractivity contribution in [2.75, 3.05) is 0 Å². The van der Waals surface area contributed by atoms with E-state index in [9.17, 15) is 0 Å². The predicted molar refractivity (Wildman–Crippen MR) is 70.4 cm³/mol. The number of rotatable bonds is 3. The quantitative estimate of drug-likeness (QED) is 0.630. The fraction of sp³-hybridized carbons (Fsp3) is 0.429. The van der Waals surface area contributed by atoms with Crippen LogP contribution >= 0.6 is 0 Å². The Morgan fingerprint density at radius 3 is 2.59 bits per heavy atom. The predicted octanol–water partition coefficient (Wildman–Crippen LogP) is 3.37. The fourth-order valence-electron chi connectivity index (χ4n) is 2.03. The second kappa shape index (κ2) is 4.51. The highest BCUT2D eigenvalue weighted by Gasteiger charge is 2.22. The Hall–Kier alpha value is -1.32. The average Bonchev–Trinajstić information content (AvgIpc) is 2.67. The van der Waals surface area contributed by atoms with Gasteiger partial charge in [0.1, 0.15) is 11.3 Å². The number of para-hydroxylation sites is 1. The second-order valence-corrected chi connectivity index (χ2v) is 5.67. The lowest BCUT2D eigenvalue weighted by Gasteiger charge is -2.23. The Morgan fingerprint density at radius 1 is 1.29 bits per heavy atom. The normalized spacial score (nSPS) is 14.1. The van der Waals surface area contributed by atoms with Crippen molar-refractivity contribution < 1.29 is 4.42 Å². The van der Waals surface area contributed by atoms with Crippen LogP contribution < -0.4 is 11.3 Å². The van der Waals surface area contributed by atoms with E-state index in [0.717, 1.165) is 23.2 Å². The van der Waals surface area contributed by atoms with Crippen LogP contribution in [0.3, 0.4) is 0 Å². The molecule has 2 rings (SSSR count). The van der Waals surface area contributed by atoms with Crippen molar-refractivity contribution in [1.29, 1.82) is 0 Å². The van der Waals surface area contributed by atoms with Crippen LogP contribution in [0, 0.1) is 5.41 Å². The van der Waals surface area contributed by atoms with Crippen molar-refractivity contribution >= 4 is 11.0 Å². The van der Waals surface area contributed by atoms with Crippen LogP contribution in [0.1, 0.15) is 39.0 Å². The molecule has 1 unspecified atom stereocenters. The molecule has 0 aliphatic carbocycles. The maximum absolute atomic E-state index is 5.82. The molecule has 3 nitrogen and oxygen atoms in total. The summed E-state index contributed by atoms with van der Waals surface area (Å²) in [5.41, 5.74) is 3.96. The Bertz CT molecular complexity index is 463. The third kappa shape index (κ3) is 2.87. The van der Waals surface area contributed by atoms with E-state index in [1.54, 1.807) is 0 Å². The number of fused-ring (bicyclic) bond motifs is 1. The summed E-state index contributed by atoms with van der Waals surface area (Å²) >= 11 is 0. The van der Waals surface area contributed by atoms with Gasteiger partial charge in [0.25, 0.3) is 0 Å². The molecule has 0 saturated carbocycles. The van der Waals surface area contributed by atoms with Crippen molar-refractivity contribution in [2.45, 2.75) is 33.2 Å². The van der Waals surface area contributed by atoms with Crippen LogP contribution in [0.4, 0.5) is 0 Å². The van der Waals surface area contributed by atoms with Gasteiger partial charge >= 0.3 is 0 Å². The molecule has 0 bridgehead atoms. The van der Waals surface area contributed by atoms with Gasteiger partial charge in [0.2, 0.25) is 0 Å². The molecule has 3 N–H and O–H groups in total. The van der Waals surface area contributed by atoms with Gasteiger partial charge < -0.3 is 4.42 Å². The number of nitrogens with two attached hydrogens (primary N) is 1. The molecule has 1 aromatic carbocycles. The van der Waals surface area contributed by atoms with E-state index in [1.165, 1.54) is 0 Å². The minimum atomic E-state index is 0.0578. The number of benzene rings is 1. The SMILES string of the molecule is CC(C)(C)CC(NN)c1cc2ccccc2o1. The topological polar surface area (TPSA) is 51.2 Å². The Kier molecular flexibility index (Phi) is 3.22. The minimum Gasteiger partial charge on any atom is -0.459 e. The van der Waals surface area contributed by atoms with Gasteiger partial charge in [-0.3, -0.25) is 5.84 Å². The van der Waals surface area contributed by atoms with Gasteiger partial charge in [-0.2, -0.15) is 0 Å². The first-order valence-corrected chi connectivity index (χ1v) is 5.94. The molecular weight excluding hydrogens is 212 g/mol. The average molecular weight is 232 g/mol. The Labute approximate surface area is 102 Å². The zero-order valence-corrected chi connectivity index (χ0v) is 10.7. The summed E-state index contributed by atoms with van der Waals surface area (Å²) in [6, 6.07) is 10.1. The Balaban J connectivity index is 2.30. The molecule has 0 radical (unpaired) electrons. The standard InChI is InChI=1S/C14H20N2O/c1-14(2,3)9-11(16-15)13-8-10-6-4-5-7-12(10)17-13/h4-8,11,16H,9,15H2,1-3H3. The first-order valence-electron chi connectivity index (χ1n) is 5.94. The molecule has 0 amide bonds. The molecule has 17 heavy (non-hydrogen) atoms. The van der Waals surface area contributed by atoms with Crippen LogP contribution in [0.25, 0.3) is 11.0 Å². The molecule has 0 fully saturated rings. The van der Waals surface area contributed by atoms with Gasteiger partial charge in [-0.15, -0.1) is 0 Å². The largest absolute Gasteiger partial charge is 0.459 e. The highest BCUT2D eigenvalue weighted by atomic mass is 16.3. The van der Waals surface area contributed by atoms with Gasteiger partial charge in [0.05, 0.1) is 6.04 Å². The maximum atomic E-state index is 5.82. The maximum Gasteiger partial charge on any atom is 0.134 e. The molecule has 92 valence electrons. The third-order valence-corrected chi connectivity index (χ3v) is 2.81. The minimum absolute atomic E-state index is 0.0578. The van der Waals surface area contributed by atoms with E-state index in [4.69, 9.17) is 10.3 Å². The van der Waals surface area contributed by atoms with E-state index >= 15 is 0 Å². The summed E-state index contributed by atoms with van der Waals surface area (Å²) in [6.45, 7) is 6.58. The summed E-state index contributed by atoms with van der Waals surface area (Å²) in [5, 5.41) is 1.12. The molecule has 0 spiro atoms. The van der Waals surface area contributed by atoms with E-state index in [2.05, 4.69) is 32.3 Å². The molecule has 0 saturated heterocycles. The molecule has 1 atom stereocenters. The van der Waals surface area contributed by atoms with Crippen LogP contribution in [-0.2, 0) is 0 Å². The first-order chi connectivity index (χ1) is 7.99. The molecule has 2 aromatic rings. The van der Waals surface area contributed by atoms with Gasteiger partial charge in [0.15, 0.2) is 0 Å². The van der Waals surface area contributed by atoms with Gasteiger partial charge in [-0.25, -0.2) is 5.43 Å². The molecular formula is C14H20N2O. The van der Waals surface area contributed by atoms with Crippen LogP contribution in [0.5, 0.6) is 0 Å². The monoisotopic (exact) mass is 232 g/mol. The number of furan rings is 1. The van der Waals surface area contributed by atoms with Crippen molar-refractivity contribution in [1.82, 2.24) is 5.43 Å². The summed E-state index contributed by atoms with van der Waals surface area (Å²) in [4.78, 5) is 0. The summed E-state index contributed by atoms with van der Waals surface area (Å²) in [5.74, 6) is 6.53. The zero-order chi connectivity index (χ0) is 12.5. The smallest absolute Gasteiger partial charge is 0.134 e. The van der Waals surface area contributed by atoms with E-state index < -0.39 is 0 Å². The summed E-state index contributed by atoms with van der Waals surface area (Å²) in [7, 11) is 0. The highest BCUT2D eigenvalue weighted by molar-refractivity contribution is 5.77. The second-order valence-electron chi connectivity index (χ2n) is 5.67. The lowest BCUT2D eigenvalue weighted by Crippen LogP contribution is -2.30. The zero-order valence-electron chi connectivity index (χ0n) is 10.7. The van der Waals surface area contributed by atoms with Crippen LogP contribution in [0.15, 0.2) is 34.7 Å².